The van der Waals surface area contributed by atoms with Gasteiger partial charge in [-0.25, -0.2) is 0 Å². The van der Waals surface area contributed by atoms with Crippen LogP contribution in [-0.4, -0.2) is 17.4 Å². The molecule has 0 nitrogen and oxygen atoms in total. The van der Waals surface area contributed by atoms with Crippen LogP contribution in [0.5, 0.6) is 0 Å². The van der Waals surface area contributed by atoms with Crippen LogP contribution in [0.4, 0.5) is 0 Å². The van der Waals surface area contributed by atoms with Crippen molar-refractivity contribution in [1.29, 1.82) is 0 Å². The standard InChI is InChI=1S/Al.2Mo.S2.3H/c;;;1-2;;;/q;;;-2;;;. The van der Waals surface area contributed by atoms with E-state index in [-0.39, 0.29) is 59.5 Å². The summed E-state index contributed by atoms with van der Waals surface area (Å²) in [5, 5.41) is 0. The number of hydrogen-bond donors (Lipinski definition) is 0. The van der Waals surface area contributed by atoms with Crippen LogP contribution in [0.25, 0.3) is 0 Å². The summed E-state index contributed by atoms with van der Waals surface area (Å²) in [6.07, 6.45) is 0. The predicted octanol–water partition coefficient (Wildman–Crippen LogP) is -1.19. The minimum atomic E-state index is 0. The van der Waals surface area contributed by atoms with Gasteiger partial charge in [0.1, 0.15) is 0 Å². The zero-order valence-corrected chi connectivity index (χ0v) is 7.28. The van der Waals surface area contributed by atoms with E-state index in [1.54, 1.807) is 0 Å². The van der Waals surface area contributed by atoms with E-state index in [0.29, 0.717) is 0 Å². The van der Waals surface area contributed by atoms with Crippen LogP contribution in [0.2, 0.25) is 0 Å². The molecule has 0 atom stereocenters. The summed E-state index contributed by atoms with van der Waals surface area (Å²) >= 11 is 7.33. The van der Waals surface area contributed by atoms with E-state index in [1.165, 1.54) is 0 Å². The molecule has 0 aliphatic heterocycles. The normalized spacial score (nSPS) is 1.20. The Balaban J connectivity index is -0.00000000167. The van der Waals surface area contributed by atoms with Gasteiger partial charge in [0.25, 0.3) is 0 Å². The van der Waals surface area contributed by atoms with Crippen molar-refractivity contribution in [1.82, 2.24) is 0 Å². The van der Waals surface area contributed by atoms with Crippen LogP contribution in [0, 0.1) is 0 Å². The Labute approximate surface area is 81.7 Å². The van der Waals surface area contributed by atoms with Crippen molar-refractivity contribution >= 4 is 40.7 Å². The third-order valence-electron chi connectivity index (χ3n) is 0. The molecular weight excluding hydrogens is 283 g/mol. The van der Waals surface area contributed by atoms with Gasteiger partial charge >= 0.3 is 0 Å². The van der Waals surface area contributed by atoms with Crippen LogP contribution in [-0.2, 0) is 65.5 Å². The minimum Gasteiger partial charge on any atom is -1.00 e. The molecule has 0 amide bonds. The van der Waals surface area contributed by atoms with E-state index in [2.05, 4.69) is 23.3 Å². The van der Waals surface area contributed by atoms with Crippen LogP contribution in [0.15, 0.2) is 0 Å². The molecule has 0 spiro atoms. The van der Waals surface area contributed by atoms with Crippen LogP contribution >= 0.6 is 0 Å². The van der Waals surface area contributed by atoms with Gasteiger partial charge in [0, 0.05) is 42.1 Å². The minimum absolute atomic E-state index is 0. The molecule has 0 N–H and O–H groups in total. The topological polar surface area (TPSA) is 0 Å². The van der Waals surface area contributed by atoms with E-state index in [9.17, 15) is 0 Å². The first-order valence-electron chi connectivity index (χ1n) is 0.167. The molecule has 0 aromatic rings. The molecule has 0 bridgehead atoms. The van der Waals surface area contributed by atoms with Crippen molar-refractivity contribution in [2.24, 2.45) is 0 Å². The molecule has 0 radical (unpaired) electrons. The summed E-state index contributed by atoms with van der Waals surface area (Å²) in [5.41, 5.74) is 0. The van der Waals surface area contributed by atoms with Gasteiger partial charge in [-0.15, -0.1) is 0 Å². The van der Waals surface area contributed by atoms with Gasteiger partial charge in [0.05, 0.1) is 0 Å². The van der Waals surface area contributed by atoms with E-state index < -0.39 is 0 Å². The van der Waals surface area contributed by atoms with Crippen molar-refractivity contribution in [2.45, 2.75) is 0 Å². The second-order valence-electron chi connectivity index (χ2n) is 0. The average Bonchev–Trinajstić information content (AvgIpc) is 1.00. The van der Waals surface area contributed by atoms with Gasteiger partial charge in [-0.05, 0) is 0 Å². The van der Waals surface area contributed by atoms with E-state index in [4.69, 9.17) is 0 Å². The molecule has 0 heterocycles. The third-order valence-corrected chi connectivity index (χ3v) is 0. The first-order chi connectivity index (χ1) is 1.00. The third kappa shape index (κ3) is 20.6. The smallest absolute Gasteiger partial charge is 0.187 e. The summed E-state index contributed by atoms with van der Waals surface area (Å²) in [6, 6.07) is 0. The number of hydrogen-bond acceptors (Lipinski definition) is 2. The predicted molar refractivity (Wildman–Crippen MR) is 24.7 cm³/mol. The molecule has 0 unspecified atom stereocenters. The Bertz CT molecular complexity index is 7.61. The molecule has 0 aromatic heterocycles. The van der Waals surface area contributed by atoms with E-state index in [0.717, 1.165) is 0 Å². The fourth-order valence-electron chi connectivity index (χ4n) is 0. The van der Waals surface area contributed by atoms with Crippen LogP contribution in [0.1, 0.15) is 0 Å². The summed E-state index contributed by atoms with van der Waals surface area (Å²) in [5.74, 6) is 0. The molecule has 0 saturated carbocycles. The fourth-order valence-corrected chi connectivity index (χ4v) is 0. The molecule has 0 aromatic carbocycles. The van der Waals surface area contributed by atoms with E-state index >= 15 is 0 Å². The quantitative estimate of drug-likeness (QED) is 0.312. The van der Waals surface area contributed by atoms with Gasteiger partial charge in [0.2, 0.25) is 0 Å². The Kier molecular flexibility index (Phi) is 156. The maximum atomic E-state index is 3.67. The molecule has 5 heavy (non-hydrogen) atoms. The zero-order valence-electron chi connectivity index (χ0n) is 1.63. The summed E-state index contributed by atoms with van der Waals surface area (Å²) in [7, 11) is 0. The van der Waals surface area contributed by atoms with Crippen molar-refractivity contribution in [3.05, 3.63) is 0 Å². The van der Waals surface area contributed by atoms with Crippen LogP contribution in [0.3, 0.4) is 0 Å². The Hall–Kier alpha value is 2.61. The first-order valence-corrected chi connectivity index (χ1v) is 1.50. The molecular formula is H3AlMo2S2-2. The monoisotopic (exact) mass is 290 g/mol. The molecule has 5 heteroatoms. The largest absolute Gasteiger partial charge is 1.00 e. The molecule has 32 valence electrons. The maximum Gasteiger partial charge on any atom is 0.187 e. The van der Waals surface area contributed by atoms with Gasteiger partial charge in [-0.3, -0.25) is 0 Å². The second kappa shape index (κ2) is 30.5. The van der Waals surface area contributed by atoms with Crippen molar-refractivity contribution in [2.75, 3.05) is 0 Å². The van der Waals surface area contributed by atoms with Crippen molar-refractivity contribution in [3.63, 3.8) is 0 Å². The Morgan fingerprint density at radius 3 is 0.800 bits per heavy atom. The molecule has 0 rings (SSSR count). The number of rotatable bonds is 0. The fraction of sp³-hybridized carbons (Fsp3) is 0. The van der Waals surface area contributed by atoms with Crippen LogP contribution < -0.4 is 0 Å². The summed E-state index contributed by atoms with van der Waals surface area (Å²) < 4.78 is 0. The first kappa shape index (κ1) is 25.5. The van der Waals surface area contributed by atoms with E-state index in [1.807, 2.05) is 0 Å². The maximum absolute atomic E-state index is 3.67. The van der Waals surface area contributed by atoms with Gasteiger partial charge in [-0.1, -0.05) is 0 Å². The summed E-state index contributed by atoms with van der Waals surface area (Å²) in [4.78, 5) is 0. The zero-order chi connectivity index (χ0) is 2.00. The molecule has 0 aliphatic rings. The average molecular weight is 286 g/mol. The Morgan fingerprint density at radius 2 is 0.800 bits per heavy atom. The Morgan fingerprint density at radius 1 is 0.800 bits per heavy atom. The SMILES string of the molecule is [AlH3].[Mo].[Mo].[S-][S-]. The second-order valence-corrected chi connectivity index (χ2v) is 0. The van der Waals surface area contributed by atoms with Crippen molar-refractivity contribution in [3.8, 4) is 0 Å². The van der Waals surface area contributed by atoms with Crippen molar-refractivity contribution < 1.29 is 42.1 Å². The summed E-state index contributed by atoms with van der Waals surface area (Å²) in [6.45, 7) is 0. The van der Waals surface area contributed by atoms with Gasteiger partial charge in [0.15, 0.2) is 17.4 Å². The molecule has 0 aliphatic carbocycles. The molecule has 0 saturated heterocycles. The van der Waals surface area contributed by atoms with Gasteiger partial charge < -0.3 is 23.3 Å². The van der Waals surface area contributed by atoms with Gasteiger partial charge in [-0.2, -0.15) is 0 Å². The molecule has 0 fully saturated rings.